The molecule has 0 bridgehead atoms. The maximum absolute atomic E-state index is 5.61. The first-order chi connectivity index (χ1) is 9.34. The molecule has 1 heterocycles. The molecule has 0 fully saturated rings. The lowest BCUT2D eigenvalue weighted by atomic mass is 10.2. The fraction of sp³-hybridized carbons (Fsp3) is 0.438. The summed E-state index contributed by atoms with van der Waals surface area (Å²) in [7, 11) is 0. The van der Waals surface area contributed by atoms with E-state index in [1.807, 2.05) is 45.3 Å². The number of hydrogen-bond donors (Lipinski definition) is 0. The van der Waals surface area contributed by atoms with Crippen molar-refractivity contribution < 1.29 is 4.74 Å². The van der Waals surface area contributed by atoms with Crippen LogP contribution in [0.15, 0.2) is 42.9 Å². The Morgan fingerprint density at radius 3 is 2.53 bits per heavy atom. The van der Waals surface area contributed by atoms with Crippen molar-refractivity contribution in [3.05, 3.63) is 54.1 Å². The van der Waals surface area contributed by atoms with E-state index in [1.165, 1.54) is 5.56 Å². The Balaban J connectivity index is 0.000000861. The van der Waals surface area contributed by atoms with Crippen LogP contribution >= 0.6 is 0 Å². The van der Waals surface area contributed by atoms with Crippen LogP contribution in [0.1, 0.15) is 31.5 Å². The molecule has 1 aromatic carbocycles. The minimum Gasteiger partial charge on any atom is -0.377 e. The molecule has 2 rings (SSSR count). The van der Waals surface area contributed by atoms with Gasteiger partial charge in [0, 0.05) is 19.3 Å². The molecule has 0 saturated carbocycles. The maximum atomic E-state index is 5.61. The summed E-state index contributed by atoms with van der Waals surface area (Å²) >= 11 is 0. The molecule has 0 aliphatic heterocycles. The fourth-order valence-electron chi connectivity index (χ4n) is 1.71. The minimum absolute atomic E-state index is 0.698. The van der Waals surface area contributed by atoms with Crippen LogP contribution in [-0.2, 0) is 17.9 Å². The second-order valence-electron chi connectivity index (χ2n) is 4.14. The smallest absolute Gasteiger partial charge is 0.0949 e. The van der Waals surface area contributed by atoms with E-state index < -0.39 is 0 Å². The summed E-state index contributed by atoms with van der Waals surface area (Å²) in [6, 6.07) is 10.3. The zero-order valence-electron chi connectivity index (χ0n) is 12.2. The first-order valence-electron chi connectivity index (χ1n) is 6.94. The van der Waals surface area contributed by atoms with Gasteiger partial charge in [-0.15, -0.1) is 0 Å². The number of rotatable bonds is 6. The third kappa shape index (κ3) is 6.20. The minimum atomic E-state index is 0.698. The van der Waals surface area contributed by atoms with Crippen LogP contribution in [0.5, 0.6) is 0 Å². The van der Waals surface area contributed by atoms with Gasteiger partial charge >= 0.3 is 0 Å². The van der Waals surface area contributed by atoms with Gasteiger partial charge in [-0.1, -0.05) is 44.2 Å². The van der Waals surface area contributed by atoms with Gasteiger partial charge in [0.2, 0.25) is 0 Å². The summed E-state index contributed by atoms with van der Waals surface area (Å²) in [6.45, 7) is 8.45. The van der Waals surface area contributed by atoms with Gasteiger partial charge < -0.3 is 9.30 Å². The number of hydrogen-bond acceptors (Lipinski definition) is 2. The Morgan fingerprint density at radius 1 is 1.16 bits per heavy atom. The molecule has 0 aliphatic rings. The predicted molar refractivity (Wildman–Crippen MR) is 79.0 cm³/mol. The molecule has 0 spiro atoms. The SMILES string of the molecule is CC.Cc1cn(CCCOCc2ccccc2)cn1. The van der Waals surface area contributed by atoms with Gasteiger partial charge in [-0.25, -0.2) is 4.98 Å². The second kappa shape index (κ2) is 9.34. The molecule has 0 saturated heterocycles. The van der Waals surface area contributed by atoms with Gasteiger partial charge in [0.05, 0.1) is 18.6 Å². The Labute approximate surface area is 116 Å². The third-order valence-electron chi connectivity index (χ3n) is 2.58. The van der Waals surface area contributed by atoms with Gasteiger partial charge in [-0.2, -0.15) is 0 Å². The van der Waals surface area contributed by atoms with Crippen molar-refractivity contribution in [2.75, 3.05) is 6.61 Å². The molecule has 0 radical (unpaired) electrons. The van der Waals surface area contributed by atoms with Crippen molar-refractivity contribution in [3.63, 3.8) is 0 Å². The van der Waals surface area contributed by atoms with Crippen LogP contribution in [0, 0.1) is 6.92 Å². The molecule has 1 aromatic heterocycles. The van der Waals surface area contributed by atoms with Crippen LogP contribution in [0.25, 0.3) is 0 Å². The average Bonchev–Trinajstić information content (AvgIpc) is 2.87. The molecule has 0 amide bonds. The lowest BCUT2D eigenvalue weighted by Crippen LogP contribution is -2.01. The van der Waals surface area contributed by atoms with Gasteiger partial charge in [0.25, 0.3) is 0 Å². The molecular weight excluding hydrogens is 236 g/mol. The topological polar surface area (TPSA) is 27.1 Å². The number of ether oxygens (including phenoxy) is 1. The highest BCUT2D eigenvalue weighted by Crippen LogP contribution is 2.01. The summed E-state index contributed by atoms with van der Waals surface area (Å²) in [5.41, 5.74) is 2.29. The summed E-state index contributed by atoms with van der Waals surface area (Å²) in [5.74, 6) is 0. The van der Waals surface area contributed by atoms with E-state index in [-0.39, 0.29) is 0 Å². The zero-order chi connectivity index (χ0) is 13.9. The third-order valence-corrected chi connectivity index (χ3v) is 2.58. The summed E-state index contributed by atoms with van der Waals surface area (Å²) < 4.78 is 7.71. The Morgan fingerprint density at radius 2 is 1.89 bits per heavy atom. The highest BCUT2D eigenvalue weighted by Gasteiger charge is 1.95. The number of aryl methyl sites for hydroxylation is 2. The molecule has 0 aliphatic carbocycles. The summed E-state index contributed by atoms with van der Waals surface area (Å²) in [5, 5.41) is 0. The molecular formula is C16H24N2O. The van der Waals surface area contributed by atoms with Gasteiger partial charge in [0.1, 0.15) is 0 Å². The molecule has 3 nitrogen and oxygen atoms in total. The quantitative estimate of drug-likeness (QED) is 0.738. The van der Waals surface area contributed by atoms with Gasteiger partial charge in [-0.05, 0) is 18.9 Å². The summed E-state index contributed by atoms with van der Waals surface area (Å²) in [4.78, 5) is 4.19. The monoisotopic (exact) mass is 260 g/mol. The van der Waals surface area contributed by atoms with E-state index in [2.05, 4.69) is 27.9 Å². The van der Waals surface area contributed by atoms with E-state index in [0.29, 0.717) is 6.61 Å². The predicted octanol–water partition coefficient (Wildman–Crippen LogP) is 3.82. The Kier molecular flexibility index (Phi) is 7.59. The molecule has 19 heavy (non-hydrogen) atoms. The highest BCUT2D eigenvalue weighted by molar-refractivity contribution is 5.13. The number of benzene rings is 1. The highest BCUT2D eigenvalue weighted by atomic mass is 16.5. The Bertz CT molecular complexity index is 437. The van der Waals surface area contributed by atoms with Crippen molar-refractivity contribution in [2.45, 2.75) is 40.3 Å². The molecule has 0 unspecified atom stereocenters. The molecule has 104 valence electrons. The molecule has 0 N–H and O–H groups in total. The lowest BCUT2D eigenvalue weighted by molar-refractivity contribution is 0.115. The van der Waals surface area contributed by atoms with Crippen LogP contribution in [0.3, 0.4) is 0 Å². The molecule has 2 aromatic rings. The fourth-order valence-corrected chi connectivity index (χ4v) is 1.71. The van der Waals surface area contributed by atoms with E-state index in [9.17, 15) is 0 Å². The van der Waals surface area contributed by atoms with Crippen molar-refractivity contribution >= 4 is 0 Å². The van der Waals surface area contributed by atoms with Crippen molar-refractivity contribution in [1.82, 2.24) is 9.55 Å². The number of aromatic nitrogens is 2. The Hall–Kier alpha value is -1.61. The standard InChI is InChI=1S/C14H18N2O.C2H6/c1-13-10-16(12-15-13)8-5-9-17-11-14-6-3-2-4-7-14;1-2/h2-4,6-7,10,12H,5,8-9,11H2,1H3;1-2H3. The van der Waals surface area contributed by atoms with E-state index in [0.717, 1.165) is 25.3 Å². The van der Waals surface area contributed by atoms with Crippen LogP contribution < -0.4 is 0 Å². The van der Waals surface area contributed by atoms with Crippen LogP contribution in [0.4, 0.5) is 0 Å². The van der Waals surface area contributed by atoms with E-state index >= 15 is 0 Å². The van der Waals surface area contributed by atoms with E-state index in [4.69, 9.17) is 4.74 Å². The largest absolute Gasteiger partial charge is 0.377 e. The van der Waals surface area contributed by atoms with Gasteiger partial charge in [-0.3, -0.25) is 0 Å². The van der Waals surface area contributed by atoms with Crippen molar-refractivity contribution in [1.29, 1.82) is 0 Å². The number of nitrogens with zero attached hydrogens (tertiary/aromatic N) is 2. The maximum Gasteiger partial charge on any atom is 0.0949 e. The molecule has 3 heteroatoms. The molecule has 0 atom stereocenters. The van der Waals surface area contributed by atoms with Crippen LogP contribution in [-0.4, -0.2) is 16.2 Å². The lowest BCUT2D eigenvalue weighted by Gasteiger charge is -2.04. The first kappa shape index (κ1) is 15.4. The van der Waals surface area contributed by atoms with Crippen molar-refractivity contribution in [3.8, 4) is 0 Å². The second-order valence-corrected chi connectivity index (χ2v) is 4.14. The zero-order valence-corrected chi connectivity index (χ0v) is 12.2. The van der Waals surface area contributed by atoms with Gasteiger partial charge in [0.15, 0.2) is 0 Å². The van der Waals surface area contributed by atoms with Crippen LogP contribution in [0.2, 0.25) is 0 Å². The average molecular weight is 260 g/mol. The normalized spacial score (nSPS) is 9.84. The van der Waals surface area contributed by atoms with Crippen molar-refractivity contribution in [2.24, 2.45) is 0 Å². The summed E-state index contributed by atoms with van der Waals surface area (Å²) in [6.07, 6.45) is 4.94. The number of imidazole rings is 1. The first-order valence-corrected chi connectivity index (χ1v) is 6.94. The van der Waals surface area contributed by atoms with E-state index in [1.54, 1.807) is 0 Å².